The lowest BCUT2D eigenvalue weighted by molar-refractivity contribution is 0.275. The fourth-order valence-electron chi connectivity index (χ4n) is 1.51. The van der Waals surface area contributed by atoms with Crippen molar-refractivity contribution in [3.63, 3.8) is 0 Å². The zero-order chi connectivity index (χ0) is 12.1. The first-order chi connectivity index (χ1) is 8.29. The number of aromatic nitrogens is 1. The molecule has 88 valence electrons. The van der Waals surface area contributed by atoms with Crippen LogP contribution in [0.3, 0.4) is 0 Å². The summed E-state index contributed by atoms with van der Waals surface area (Å²) in [5.74, 6) is 0.101. The van der Waals surface area contributed by atoms with Crippen LogP contribution in [0, 0.1) is 0 Å². The molecule has 0 bridgehead atoms. The summed E-state index contributed by atoms with van der Waals surface area (Å²) >= 11 is 0. The maximum Gasteiger partial charge on any atom is 0.123 e. The molecule has 0 unspecified atom stereocenters. The number of pyridine rings is 1. The fourth-order valence-corrected chi connectivity index (χ4v) is 1.51. The van der Waals surface area contributed by atoms with E-state index >= 15 is 0 Å². The summed E-state index contributed by atoms with van der Waals surface area (Å²) in [6.07, 6.45) is 3.51. The molecule has 0 amide bonds. The second kappa shape index (κ2) is 5.32. The highest BCUT2D eigenvalue weighted by atomic mass is 16.3. The van der Waals surface area contributed by atoms with Crippen molar-refractivity contribution in [2.45, 2.75) is 13.2 Å². The molecule has 0 fully saturated rings. The first-order valence-electron chi connectivity index (χ1n) is 5.35. The number of anilines is 1. The van der Waals surface area contributed by atoms with Gasteiger partial charge in [0.25, 0.3) is 0 Å². The van der Waals surface area contributed by atoms with Gasteiger partial charge in [0.15, 0.2) is 0 Å². The number of phenols is 1. The van der Waals surface area contributed by atoms with Crippen LogP contribution in [0.2, 0.25) is 0 Å². The summed E-state index contributed by atoms with van der Waals surface area (Å²) in [5.41, 5.74) is 2.40. The van der Waals surface area contributed by atoms with Crippen LogP contribution < -0.4 is 5.32 Å². The molecule has 4 nitrogen and oxygen atoms in total. The molecule has 0 radical (unpaired) electrons. The zero-order valence-corrected chi connectivity index (χ0v) is 9.30. The summed E-state index contributed by atoms with van der Waals surface area (Å²) in [7, 11) is 0. The minimum atomic E-state index is -0.158. The lowest BCUT2D eigenvalue weighted by Crippen LogP contribution is -1.99. The molecule has 0 saturated heterocycles. The molecule has 1 aromatic heterocycles. The lowest BCUT2D eigenvalue weighted by Gasteiger charge is -2.08. The molecule has 17 heavy (non-hydrogen) atoms. The van der Waals surface area contributed by atoms with Crippen molar-refractivity contribution in [3.8, 4) is 5.75 Å². The van der Waals surface area contributed by atoms with E-state index in [2.05, 4.69) is 10.3 Å². The van der Waals surface area contributed by atoms with E-state index in [1.165, 1.54) is 0 Å². The molecule has 2 rings (SSSR count). The third-order valence-corrected chi connectivity index (χ3v) is 2.48. The van der Waals surface area contributed by atoms with Gasteiger partial charge in [0.05, 0.1) is 6.61 Å². The standard InChI is InChI=1S/C13H14N2O2/c16-9-11-3-4-12(6-13(11)17)15-8-10-2-1-5-14-7-10/h1-7,15-17H,8-9H2. The average molecular weight is 230 g/mol. The van der Waals surface area contributed by atoms with E-state index in [9.17, 15) is 5.11 Å². The van der Waals surface area contributed by atoms with Crippen molar-refractivity contribution in [2.75, 3.05) is 5.32 Å². The minimum Gasteiger partial charge on any atom is -0.508 e. The molecule has 1 heterocycles. The number of hydrogen-bond donors (Lipinski definition) is 3. The number of rotatable bonds is 4. The number of aliphatic hydroxyl groups excluding tert-OH is 1. The maximum absolute atomic E-state index is 9.58. The van der Waals surface area contributed by atoms with Crippen LogP contribution >= 0.6 is 0 Å². The molecule has 0 spiro atoms. The van der Waals surface area contributed by atoms with E-state index in [0.29, 0.717) is 12.1 Å². The van der Waals surface area contributed by atoms with Gasteiger partial charge in [-0.1, -0.05) is 12.1 Å². The van der Waals surface area contributed by atoms with Crippen LogP contribution in [0.4, 0.5) is 5.69 Å². The van der Waals surface area contributed by atoms with Gasteiger partial charge in [0.1, 0.15) is 5.75 Å². The largest absolute Gasteiger partial charge is 0.508 e. The first kappa shape index (κ1) is 11.4. The van der Waals surface area contributed by atoms with E-state index in [0.717, 1.165) is 11.3 Å². The predicted molar refractivity (Wildman–Crippen MR) is 65.6 cm³/mol. The number of aromatic hydroxyl groups is 1. The second-order valence-electron chi connectivity index (χ2n) is 3.72. The van der Waals surface area contributed by atoms with Crippen molar-refractivity contribution in [1.29, 1.82) is 0 Å². The average Bonchev–Trinajstić information content (AvgIpc) is 2.38. The highest BCUT2D eigenvalue weighted by molar-refractivity contribution is 5.51. The van der Waals surface area contributed by atoms with Gasteiger partial charge in [-0.2, -0.15) is 0 Å². The van der Waals surface area contributed by atoms with Crippen LogP contribution in [-0.4, -0.2) is 15.2 Å². The lowest BCUT2D eigenvalue weighted by atomic mass is 10.2. The molecular weight excluding hydrogens is 216 g/mol. The zero-order valence-electron chi connectivity index (χ0n) is 9.30. The molecule has 2 aromatic rings. The normalized spacial score (nSPS) is 10.2. The molecular formula is C13H14N2O2. The van der Waals surface area contributed by atoms with E-state index in [4.69, 9.17) is 5.11 Å². The smallest absolute Gasteiger partial charge is 0.123 e. The summed E-state index contributed by atoms with van der Waals surface area (Å²) < 4.78 is 0. The third kappa shape index (κ3) is 2.95. The Hall–Kier alpha value is -2.07. The number of hydrogen-bond acceptors (Lipinski definition) is 4. The Labute approximate surface area is 99.6 Å². The molecule has 3 N–H and O–H groups in total. The highest BCUT2D eigenvalue weighted by Crippen LogP contribution is 2.22. The summed E-state index contributed by atoms with van der Waals surface area (Å²) in [6.45, 7) is 0.487. The van der Waals surface area contributed by atoms with Gasteiger partial charge in [0, 0.05) is 36.3 Å². The fraction of sp³-hybridized carbons (Fsp3) is 0.154. The van der Waals surface area contributed by atoms with E-state index in [1.807, 2.05) is 18.2 Å². The van der Waals surface area contributed by atoms with Crippen LogP contribution in [0.5, 0.6) is 5.75 Å². The first-order valence-corrected chi connectivity index (χ1v) is 5.35. The van der Waals surface area contributed by atoms with Gasteiger partial charge in [-0.05, 0) is 17.7 Å². The van der Waals surface area contributed by atoms with Gasteiger partial charge in [0.2, 0.25) is 0 Å². The Morgan fingerprint density at radius 3 is 2.76 bits per heavy atom. The summed E-state index contributed by atoms with van der Waals surface area (Å²) in [4.78, 5) is 4.02. The summed E-state index contributed by atoms with van der Waals surface area (Å²) in [6, 6.07) is 8.97. The van der Waals surface area contributed by atoms with Gasteiger partial charge in [-0.25, -0.2) is 0 Å². The number of nitrogens with one attached hydrogen (secondary N) is 1. The van der Waals surface area contributed by atoms with E-state index in [1.54, 1.807) is 24.5 Å². The SMILES string of the molecule is OCc1ccc(NCc2cccnc2)cc1O. The van der Waals surface area contributed by atoms with Crippen molar-refractivity contribution in [2.24, 2.45) is 0 Å². The van der Waals surface area contributed by atoms with Crippen molar-refractivity contribution < 1.29 is 10.2 Å². The topological polar surface area (TPSA) is 65.4 Å². The Morgan fingerprint density at radius 1 is 1.24 bits per heavy atom. The van der Waals surface area contributed by atoms with Crippen molar-refractivity contribution in [1.82, 2.24) is 4.98 Å². The Bertz CT molecular complexity index is 486. The van der Waals surface area contributed by atoms with Crippen LogP contribution in [0.1, 0.15) is 11.1 Å². The summed E-state index contributed by atoms with van der Waals surface area (Å²) in [5, 5.41) is 21.7. The van der Waals surface area contributed by atoms with Crippen molar-refractivity contribution in [3.05, 3.63) is 53.9 Å². The van der Waals surface area contributed by atoms with Gasteiger partial charge in [-0.3, -0.25) is 4.98 Å². The Kier molecular flexibility index (Phi) is 3.57. The minimum absolute atomic E-state index is 0.101. The number of benzene rings is 1. The van der Waals surface area contributed by atoms with Crippen LogP contribution in [-0.2, 0) is 13.2 Å². The quantitative estimate of drug-likeness (QED) is 0.750. The number of nitrogens with zero attached hydrogens (tertiary/aromatic N) is 1. The molecule has 4 heteroatoms. The van der Waals surface area contributed by atoms with Crippen LogP contribution in [0.15, 0.2) is 42.7 Å². The molecule has 0 aliphatic carbocycles. The second-order valence-corrected chi connectivity index (χ2v) is 3.72. The van der Waals surface area contributed by atoms with Crippen molar-refractivity contribution >= 4 is 5.69 Å². The van der Waals surface area contributed by atoms with Gasteiger partial charge in [-0.15, -0.1) is 0 Å². The third-order valence-electron chi connectivity index (χ3n) is 2.48. The van der Waals surface area contributed by atoms with E-state index < -0.39 is 0 Å². The Morgan fingerprint density at radius 2 is 2.12 bits per heavy atom. The Balaban J connectivity index is 2.02. The monoisotopic (exact) mass is 230 g/mol. The van der Waals surface area contributed by atoms with Gasteiger partial charge >= 0.3 is 0 Å². The number of aliphatic hydroxyl groups is 1. The van der Waals surface area contributed by atoms with Gasteiger partial charge < -0.3 is 15.5 Å². The van der Waals surface area contributed by atoms with Crippen LogP contribution in [0.25, 0.3) is 0 Å². The molecule has 0 saturated carbocycles. The highest BCUT2D eigenvalue weighted by Gasteiger charge is 2.01. The van der Waals surface area contributed by atoms with E-state index in [-0.39, 0.29) is 12.4 Å². The molecule has 0 atom stereocenters. The predicted octanol–water partition coefficient (Wildman–Crippen LogP) is 1.89. The molecule has 0 aliphatic heterocycles. The molecule has 0 aliphatic rings. The maximum atomic E-state index is 9.58. The molecule has 1 aromatic carbocycles.